The zero-order valence-corrected chi connectivity index (χ0v) is 9.45. The van der Waals surface area contributed by atoms with Gasteiger partial charge in [-0.1, -0.05) is 13.8 Å². The highest BCUT2D eigenvalue weighted by Gasteiger charge is 2.46. The van der Waals surface area contributed by atoms with E-state index in [1.165, 1.54) is 0 Å². The lowest BCUT2D eigenvalue weighted by Gasteiger charge is -2.49. The highest BCUT2D eigenvalue weighted by atomic mass is 16.3. The average Bonchev–Trinajstić information content (AvgIpc) is 1.85. The smallest absolute Gasteiger partial charge is 0.0659 e. The van der Waals surface area contributed by atoms with E-state index in [-0.39, 0.29) is 11.0 Å². The fraction of sp³-hybridized carbons (Fsp3) is 1.00. The summed E-state index contributed by atoms with van der Waals surface area (Å²) in [4.78, 5) is 0. The van der Waals surface area contributed by atoms with Crippen LogP contribution in [0.2, 0.25) is 0 Å². The second-order valence-electron chi connectivity index (χ2n) is 5.06. The first-order valence-corrected chi connectivity index (χ1v) is 4.47. The van der Waals surface area contributed by atoms with Gasteiger partial charge in [-0.25, -0.2) is 0 Å². The maximum absolute atomic E-state index is 9.97. The predicted molar refractivity (Wildman–Crippen MR) is 53.2 cm³/mol. The van der Waals surface area contributed by atoms with E-state index >= 15 is 0 Å². The normalized spacial score (nSPS) is 15.0. The molecule has 12 heavy (non-hydrogen) atoms. The lowest BCUT2D eigenvalue weighted by atomic mass is 9.65. The summed E-state index contributed by atoms with van der Waals surface area (Å²) in [6.45, 7) is 12.1. The van der Waals surface area contributed by atoms with Crippen molar-refractivity contribution in [2.24, 2.45) is 5.41 Å². The van der Waals surface area contributed by atoms with E-state index in [0.29, 0.717) is 0 Å². The molecule has 0 aromatic heterocycles. The van der Waals surface area contributed by atoms with E-state index in [4.69, 9.17) is 0 Å². The lowest BCUT2D eigenvalue weighted by Crippen LogP contribution is -2.59. The van der Waals surface area contributed by atoms with E-state index in [2.05, 4.69) is 33.0 Å². The van der Waals surface area contributed by atoms with Gasteiger partial charge in [0.25, 0.3) is 0 Å². The van der Waals surface area contributed by atoms with Gasteiger partial charge in [0.15, 0.2) is 0 Å². The van der Waals surface area contributed by atoms with Crippen molar-refractivity contribution in [1.82, 2.24) is 5.32 Å². The number of hydrogen-bond acceptors (Lipinski definition) is 2. The summed E-state index contributed by atoms with van der Waals surface area (Å²) in [6.07, 6.45) is 0. The molecule has 74 valence electrons. The van der Waals surface area contributed by atoms with Crippen molar-refractivity contribution >= 4 is 0 Å². The van der Waals surface area contributed by atoms with Crippen LogP contribution in [-0.2, 0) is 0 Å². The Morgan fingerprint density at radius 2 is 1.25 bits per heavy atom. The van der Waals surface area contributed by atoms with Crippen molar-refractivity contribution in [2.45, 2.75) is 52.7 Å². The highest BCUT2D eigenvalue weighted by Crippen LogP contribution is 2.40. The Morgan fingerprint density at radius 3 is 1.33 bits per heavy atom. The third kappa shape index (κ3) is 1.80. The van der Waals surface area contributed by atoms with Crippen LogP contribution in [0.4, 0.5) is 0 Å². The van der Waals surface area contributed by atoms with Crippen molar-refractivity contribution in [3.05, 3.63) is 0 Å². The first kappa shape index (κ1) is 11.9. The molecule has 0 aromatic carbocycles. The SMILES string of the molecule is CNC(C)(C)C(C)(C)C(C)(C)O. The second kappa shape index (κ2) is 3.00. The van der Waals surface area contributed by atoms with E-state index in [0.717, 1.165) is 0 Å². The predicted octanol–water partition coefficient (Wildman–Crippen LogP) is 1.78. The summed E-state index contributed by atoms with van der Waals surface area (Å²) in [5.74, 6) is 0. The molecular weight excluding hydrogens is 150 g/mol. The minimum atomic E-state index is -0.681. The largest absolute Gasteiger partial charge is 0.390 e. The molecular formula is C10H23NO. The first-order chi connectivity index (χ1) is 5.06. The molecule has 0 atom stereocenters. The molecule has 0 spiro atoms. The molecule has 0 fully saturated rings. The van der Waals surface area contributed by atoms with Gasteiger partial charge in [0.2, 0.25) is 0 Å². The topological polar surface area (TPSA) is 32.3 Å². The molecule has 0 aliphatic rings. The van der Waals surface area contributed by atoms with Gasteiger partial charge >= 0.3 is 0 Å². The van der Waals surface area contributed by atoms with Crippen LogP contribution in [0.25, 0.3) is 0 Å². The Bertz CT molecular complexity index is 154. The Balaban J connectivity index is 4.85. The Morgan fingerprint density at radius 1 is 0.917 bits per heavy atom. The van der Waals surface area contributed by atoms with Crippen LogP contribution >= 0.6 is 0 Å². The van der Waals surface area contributed by atoms with Crippen molar-refractivity contribution in [2.75, 3.05) is 7.05 Å². The first-order valence-electron chi connectivity index (χ1n) is 4.47. The molecule has 0 aromatic rings. The second-order valence-corrected chi connectivity index (χ2v) is 5.06. The molecule has 2 nitrogen and oxygen atoms in total. The van der Waals surface area contributed by atoms with E-state index < -0.39 is 5.60 Å². The summed E-state index contributed by atoms with van der Waals surface area (Å²) in [6, 6.07) is 0. The van der Waals surface area contributed by atoms with Crippen LogP contribution in [-0.4, -0.2) is 23.3 Å². The molecule has 0 saturated carbocycles. The standard InChI is InChI=1S/C10H23NO/c1-8(2,10(5,6)12)9(3,4)11-7/h11-12H,1-7H3. The van der Waals surface area contributed by atoms with Crippen LogP contribution in [0.3, 0.4) is 0 Å². The van der Waals surface area contributed by atoms with Crippen molar-refractivity contribution in [3.63, 3.8) is 0 Å². The van der Waals surface area contributed by atoms with Crippen LogP contribution in [0.5, 0.6) is 0 Å². The van der Waals surface area contributed by atoms with Crippen molar-refractivity contribution in [3.8, 4) is 0 Å². The van der Waals surface area contributed by atoms with Gasteiger partial charge in [0.05, 0.1) is 5.60 Å². The molecule has 0 aliphatic carbocycles. The van der Waals surface area contributed by atoms with Gasteiger partial charge in [-0.15, -0.1) is 0 Å². The molecule has 2 heteroatoms. The molecule has 0 heterocycles. The third-order valence-corrected chi connectivity index (χ3v) is 3.72. The fourth-order valence-electron chi connectivity index (χ4n) is 1.08. The van der Waals surface area contributed by atoms with Crippen LogP contribution in [0, 0.1) is 5.41 Å². The number of hydrogen-bond donors (Lipinski definition) is 2. The molecule has 0 radical (unpaired) electrons. The monoisotopic (exact) mass is 173 g/mol. The fourth-order valence-corrected chi connectivity index (χ4v) is 1.08. The van der Waals surface area contributed by atoms with Gasteiger partial charge in [-0.2, -0.15) is 0 Å². The summed E-state index contributed by atoms with van der Waals surface area (Å²) < 4.78 is 0. The lowest BCUT2D eigenvalue weighted by molar-refractivity contribution is -0.0782. The summed E-state index contributed by atoms with van der Waals surface area (Å²) >= 11 is 0. The summed E-state index contributed by atoms with van der Waals surface area (Å²) in [7, 11) is 1.92. The van der Waals surface area contributed by atoms with Crippen LogP contribution in [0.15, 0.2) is 0 Å². The molecule has 0 bridgehead atoms. The maximum atomic E-state index is 9.97. The van der Waals surface area contributed by atoms with E-state index in [1.54, 1.807) is 0 Å². The molecule has 0 saturated heterocycles. The van der Waals surface area contributed by atoms with Gasteiger partial charge in [0.1, 0.15) is 0 Å². The minimum Gasteiger partial charge on any atom is -0.390 e. The zero-order chi connectivity index (χ0) is 10.2. The van der Waals surface area contributed by atoms with Gasteiger partial charge in [-0.05, 0) is 34.7 Å². The Kier molecular flexibility index (Phi) is 2.98. The molecule has 2 N–H and O–H groups in total. The maximum Gasteiger partial charge on any atom is 0.0659 e. The Hall–Kier alpha value is -0.0800. The number of nitrogens with one attached hydrogen (secondary N) is 1. The van der Waals surface area contributed by atoms with Crippen molar-refractivity contribution in [1.29, 1.82) is 0 Å². The van der Waals surface area contributed by atoms with E-state index in [9.17, 15) is 5.11 Å². The van der Waals surface area contributed by atoms with Crippen LogP contribution < -0.4 is 5.32 Å². The molecule has 0 amide bonds. The minimum absolute atomic E-state index is 0.0781. The van der Waals surface area contributed by atoms with Crippen molar-refractivity contribution < 1.29 is 5.11 Å². The quantitative estimate of drug-likeness (QED) is 0.682. The number of rotatable bonds is 3. The summed E-state index contributed by atoms with van der Waals surface area (Å²) in [5.41, 5.74) is -0.931. The Labute approximate surface area is 76.4 Å². The van der Waals surface area contributed by atoms with Crippen LogP contribution in [0.1, 0.15) is 41.5 Å². The zero-order valence-electron chi connectivity index (χ0n) is 9.45. The molecule has 0 aliphatic heterocycles. The summed E-state index contributed by atoms with van der Waals surface area (Å²) in [5, 5.41) is 13.2. The highest BCUT2D eigenvalue weighted by molar-refractivity contribution is 5.01. The van der Waals surface area contributed by atoms with Gasteiger partial charge in [-0.3, -0.25) is 0 Å². The molecule has 0 unspecified atom stereocenters. The number of aliphatic hydroxyl groups is 1. The average molecular weight is 173 g/mol. The third-order valence-electron chi connectivity index (χ3n) is 3.72. The van der Waals surface area contributed by atoms with Gasteiger partial charge in [0, 0.05) is 11.0 Å². The van der Waals surface area contributed by atoms with E-state index in [1.807, 2.05) is 20.9 Å². The van der Waals surface area contributed by atoms with Gasteiger partial charge < -0.3 is 10.4 Å². The molecule has 0 rings (SSSR count).